The molecule has 0 fully saturated rings. The molecule has 4 N–H and O–H groups in total. The Morgan fingerprint density at radius 1 is 0.971 bits per heavy atom. The number of nitrogens with one attached hydrogen (secondary N) is 1. The van der Waals surface area contributed by atoms with Crippen molar-refractivity contribution in [3.8, 4) is 22.7 Å². The van der Waals surface area contributed by atoms with Gasteiger partial charge in [-0.15, -0.1) is 0 Å². The van der Waals surface area contributed by atoms with E-state index < -0.39 is 28.8 Å². The Labute approximate surface area is 198 Å². The maximum atomic E-state index is 13.3. The second kappa shape index (κ2) is 8.50. The number of hydrogen-bond donors (Lipinski definition) is 3. The molecule has 35 heavy (non-hydrogen) atoms. The highest BCUT2D eigenvalue weighted by Crippen LogP contribution is 2.47. The fourth-order valence-corrected chi connectivity index (χ4v) is 4.34. The molecule has 0 aliphatic heterocycles. The Morgan fingerprint density at radius 2 is 1.63 bits per heavy atom. The molecule has 1 aromatic heterocycles. The Morgan fingerprint density at radius 3 is 2.31 bits per heavy atom. The van der Waals surface area contributed by atoms with E-state index in [-0.39, 0.29) is 22.6 Å². The number of aromatic nitrogens is 2. The van der Waals surface area contributed by atoms with Gasteiger partial charge in [0.25, 0.3) is 17.9 Å². The molecule has 1 aliphatic rings. The van der Waals surface area contributed by atoms with Crippen LogP contribution in [-0.4, -0.2) is 31.6 Å². The zero-order chi connectivity index (χ0) is 24.7. The van der Waals surface area contributed by atoms with Crippen LogP contribution in [0.2, 0.25) is 0 Å². The number of nitrogens with two attached hydrogens (primary N) is 1. The molecule has 0 radical (unpaired) electrons. The Kier molecular flexibility index (Phi) is 5.34. The van der Waals surface area contributed by atoms with Gasteiger partial charge in [0.15, 0.2) is 5.69 Å². The molecule has 2 atom stereocenters. The summed E-state index contributed by atoms with van der Waals surface area (Å²) in [5, 5.41) is 28.5. The van der Waals surface area contributed by atoms with Crippen LogP contribution in [0.5, 0.6) is 5.75 Å². The molecular formula is C25H19N5O5. The van der Waals surface area contributed by atoms with E-state index in [1.165, 1.54) is 16.8 Å². The molecule has 0 bridgehead atoms. The maximum absolute atomic E-state index is 13.3. The quantitative estimate of drug-likeness (QED) is 0.236. The summed E-state index contributed by atoms with van der Waals surface area (Å²) in [7, 11) is 0. The number of hydrogen-bond acceptors (Lipinski definition) is 7. The van der Waals surface area contributed by atoms with Crippen LogP contribution in [-0.2, 0) is 0 Å². The van der Waals surface area contributed by atoms with E-state index >= 15 is 0 Å². The molecule has 4 aromatic rings. The summed E-state index contributed by atoms with van der Waals surface area (Å²) in [6, 6.07) is 18.5. The summed E-state index contributed by atoms with van der Waals surface area (Å²) in [5.74, 6) is -1.43. The van der Waals surface area contributed by atoms with Gasteiger partial charge in [0.05, 0.1) is 11.4 Å². The SMILES string of the molecule is NC1c2c(C(=O)NC(=O)c3ccccc3)nn(-c3ccc(O)cc3)c2-c2ccccc2C1[N+](=O)[O-]. The van der Waals surface area contributed by atoms with E-state index in [2.05, 4.69) is 10.4 Å². The second-order valence-electron chi connectivity index (χ2n) is 8.03. The molecular weight excluding hydrogens is 450 g/mol. The number of rotatable bonds is 4. The minimum Gasteiger partial charge on any atom is -0.508 e. The summed E-state index contributed by atoms with van der Waals surface area (Å²) in [6.07, 6.45) is 0. The van der Waals surface area contributed by atoms with E-state index in [1.807, 2.05) is 0 Å². The third kappa shape index (κ3) is 3.71. The van der Waals surface area contributed by atoms with Gasteiger partial charge in [-0.2, -0.15) is 5.10 Å². The number of phenolic OH excluding ortho intramolecular Hbond substituents is 1. The van der Waals surface area contributed by atoms with Crippen LogP contribution in [0.1, 0.15) is 44.1 Å². The van der Waals surface area contributed by atoms with Crippen molar-refractivity contribution in [2.75, 3.05) is 0 Å². The molecule has 1 aliphatic carbocycles. The monoisotopic (exact) mass is 469 g/mol. The smallest absolute Gasteiger partial charge is 0.279 e. The lowest BCUT2D eigenvalue weighted by Gasteiger charge is -2.26. The highest BCUT2D eigenvalue weighted by Gasteiger charge is 2.44. The lowest BCUT2D eigenvalue weighted by molar-refractivity contribution is -0.533. The van der Waals surface area contributed by atoms with Gasteiger partial charge in [0, 0.05) is 27.2 Å². The Balaban J connectivity index is 1.70. The number of amides is 2. The van der Waals surface area contributed by atoms with E-state index in [0.29, 0.717) is 22.5 Å². The average molecular weight is 469 g/mol. The number of fused-ring (bicyclic) bond motifs is 3. The Hall–Kier alpha value is -4.83. The number of imide groups is 1. The minimum atomic E-state index is -1.31. The lowest BCUT2D eigenvalue weighted by Crippen LogP contribution is -2.34. The number of carbonyl (C=O) groups excluding carboxylic acids is 2. The van der Waals surface area contributed by atoms with Crippen LogP contribution in [0.4, 0.5) is 0 Å². The molecule has 1 heterocycles. The number of nitro groups is 1. The largest absolute Gasteiger partial charge is 0.508 e. The number of aromatic hydroxyl groups is 1. The molecule has 174 valence electrons. The van der Waals surface area contributed by atoms with Crippen molar-refractivity contribution >= 4 is 11.8 Å². The second-order valence-corrected chi connectivity index (χ2v) is 8.03. The van der Waals surface area contributed by atoms with Crippen molar-refractivity contribution in [3.63, 3.8) is 0 Å². The van der Waals surface area contributed by atoms with Gasteiger partial charge in [-0.3, -0.25) is 25.0 Å². The standard InChI is InChI=1S/C25H19N5O5/c26-20-19-21(25(33)27-24(32)14-6-2-1-3-7-14)28-29(15-10-12-16(31)13-11-15)22(19)17-8-4-5-9-18(17)23(20)30(34)35/h1-13,20,23,31H,26H2,(H,27,32,33). The molecule has 2 amide bonds. The van der Waals surface area contributed by atoms with Gasteiger partial charge in [-0.25, -0.2) is 4.68 Å². The zero-order valence-electron chi connectivity index (χ0n) is 18.2. The predicted octanol–water partition coefficient (Wildman–Crippen LogP) is 3.15. The first-order valence-corrected chi connectivity index (χ1v) is 10.7. The third-order valence-electron chi connectivity index (χ3n) is 5.93. The molecule has 3 aromatic carbocycles. The van der Waals surface area contributed by atoms with Gasteiger partial charge in [0.1, 0.15) is 11.8 Å². The zero-order valence-corrected chi connectivity index (χ0v) is 18.2. The van der Waals surface area contributed by atoms with E-state index in [0.717, 1.165) is 0 Å². The van der Waals surface area contributed by atoms with Crippen molar-refractivity contribution in [1.82, 2.24) is 15.1 Å². The number of phenols is 1. The summed E-state index contributed by atoms with van der Waals surface area (Å²) < 4.78 is 1.45. The van der Waals surface area contributed by atoms with Gasteiger partial charge >= 0.3 is 0 Å². The van der Waals surface area contributed by atoms with Crippen LogP contribution in [0.15, 0.2) is 78.9 Å². The highest BCUT2D eigenvalue weighted by molar-refractivity contribution is 6.10. The van der Waals surface area contributed by atoms with Crippen LogP contribution in [0.25, 0.3) is 16.9 Å². The lowest BCUT2D eigenvalue weighted by atomic mass is 9.82. The van der Waals surface area contributed by atoms with Gasteiger partial charge in [-0.1, -0.05) is 42.5 Å². The summed E-state index contributed by atoms with van der Waals surface area (Å²) in [4.78, 5) is 37.4. The van der Waals surface area contributed by atoms with Crippen LogP contribution in [0, 0.1) is 10.1 Å². The first-order chi connectivity index (χ1) is 16.9. The van der Waals surface area contributed by atoms with E-state index in [1.54, 1.807) is 66.7 Å². The van der Waals surface area contributed by atoms with E-state index in [9.17, 15) is 24.8 Å². The van der Waals surface area contributed by atoms with Crippen LogP contribution < -0.4 is 11.1 Å². The normalized spacial score (nSPS) is 16.1. The van der Waals surface area contributed by atoms with Gasteiger partial charge in [-0.05, 0) is 36.4 Å². The minimum absolute atomic E-state index is 0.0340. The van der Waals surface area contributed by atoms with E-state index in [4.69, 9.17) is 5.73 Å². The molecule has 0 saturated heterocycles. The molecule has 0 saturated carbocycles. The fourth-order valence-electron chi connectivity index (χ4n) is 4.34. The van der Waals surface area contributed by atoms with Crippen LogP contribution >= 0.6 is 0 Å². The van der Waals surface area contributed by atoms with Gasteiger partial charge < -0.3 is 10.8 Å². The fraction of sp³-hybridized carbons (Fsp3) is 0.0800. The van der Waals surface area contributed by atoms with Gasteiger partial charge in [0.2, 0.25) is 0 Å². The van der Waals surface area contributed by atoms with Crippen molar-refractivity contribution in [2.45, 2.75) is 12.1 Å². The maximum Gasteiger partial charge on any atom is 0.279 e. The molecule has 0 spiro atoms. The number of nitrogens with zero attached hydrogens (tertiary/aromatic N) is 3. The Bertz CT molecular complexity index is 1460. The summed E-state index contributed by atoms with van der Waals surface area (Å²) >= 11 is 0. The van der Waals surface area contributed by atoms with Crippen molar-refractivity contribution in [1.29, 1.82) is 0 Å². The van der Waals surface area contributed by atoms with Crippen molar-refractivity contribution in [2.24, 2.45) is 5.73 Å². The summed E-state index contributed by atoms with van der Waals surface area (Å²) in [6.45, 7) is 0. The number of carbonyl (C=O) groups is 2. The first-order valence-electron chi connectivity index (χ1n) is 10.7. The molecule has 5 rings (SSSR count). The van der Waals surface area contributed by atoms with Crippen molar-refractivity contribution < 1.29 is 19.6 Å². The third-order valence-corrected chi connectivity index (χ3v) is 5.93. The number of benzene rings is 3. The summed E-state index contributed by atoms with van der Waals surface area (Å²) in [5.41, 5.74) is 8.45. The van der Waals surface area contributed by atoms with Crippen molar-refractivity contribution in [3.05, 3.63) is 111 Å². The first kappa shape index (κ1) is 22.0. The molecule has 10 heteroatoms. The molecule has 2 unspecified atom stereocenters. The highest BCUT2D eigenvalue weighted by atomic mass is 16.6. The predicted molar refractivity (Wildman–Crippen MR) is 126 cm³/mol. The van der Waals surface area contributed by atoms with Crippen LogP contribution in [0.3, 0.4) is 0 Å². The topological polar surface area (TPSA) is 153 Å². The average Bonchev–Trinajstić information content (AvgIpc) is 3.26. The molecule has 10 nitrogen and oxygen atoms in total.